The zero-order valence-corrected chi connectivity index (χ0v) is 12.6. The summed E-state index contributed by atoms with van der Waals surface area (Å²) in [5.41, 5.74) is 3.83. The second-order valence-electron chi connectivity index (χ2n) is 5.74. The highest BCUT2D eigenvalue weighted by Gasteiger charge is 2.26. The molecule has 0 radical (unpaired) electrons. The molecule has 0 bridgehead atoms. The summed E-state index contributed by atoms with van der Waals surface area (Å²) in [5, 5.41) is 3.29. The summed E-state index contributed by atoms with van der Waals surface area (Å²) in [4.78, 5) is 0. The van der Waals surface area contributed by atoms with E-state index in [1.54, 1.807) is 0 Å². The van der Waals surface area contributed by atoms with Crippen molar-refractivity contribution in [3.63, 3.8) is 0 Å². The predicted octanol–water partition coefficient (Wildman–Crippen LogP) is 4.04. The Morgan fingerprint density at radius 1 is 1.00 bits per heavy atom. The van der Waals surface area contributed by atoms with E-state index in [-0.39, 0.29) is 6.10 Å². The lowest BCUT2D eigenvalue weighted by atomic mass is 9.89. The van der Waals surface area contributed by atoms with Crippen LogP contribution in [0.25, 0.3) is 11.1 Å². The Hall–Kier alpha value is -1.64. The summed E-state index contributed by atoms with van der Waals surface area (Å²) >= 11 is 0. The van der Waals surface area contributed by atoms with E-state index in [2.05, 4.69) is 59.9 Å². The lowest BCUT2D eigenvalue weighted by molar-refractivity contribution is -0.0272. The van der Waals surface area contributed by atoms with Gasteiger partial charge in [0, 0.05) is 19.1 Å². The standard InChI is InChI=1S/C19H23NO/c1-20-14-18-8-5-13-21-19(18)17-11-9-16(10-12-17)15-6-3-2-4-7-15/h2-4,6-7,9-12,18-20H,5,8,13-14H2,1H3. The van der Waals surface area contributed by atoms with Crippen LogP contribution >= 0.6 is 0 Å². The van der Waals surface area contributed by atoms with Gasteiger partial charge in [-0.05, 0) is 36.6 Å². The van der Waals surface area contributed by atoms with Gasteiger partial charge in [0.05, 0.1) is 6.10 Å². The lowest BCUT2D eigenvalue weighted by Crippen LogP contribution is -2.30. The van der Waals surface area contributed by atoms with Crippen LogP contribution in [-0.2, 0) is 4.74 Å². The van der Waals surface area contributed by atoms with E-state index in [9.17, 15) is 0 Å². The highest BCUT2D eigenvalue weighted by Crippen LogP contribution is 2.34. The molecule has 2 aromatic carbocycles. The van der Waals surface area contributed by atoms with Crippen LogP contribution in [0.2, 0.25) is 0 Å². The van der Waals surface area contributed by atoms with Gasteiger partial charge in [-0.25, -0.2) is 0 Å². The minimum Gasteiger partial charge on any atom is -0.373 e. The fourth-order valence-corrected chi connectivity index (χ4v) is 3.18. The smallest absolute Gasteiger partial charge is 0.0865 e. The molecule has 1 aliphatic heterocycles. The third-order valence-electron chi connectivity index (χ3n) is 4.26. The molecule has 2 nitrogen and oxygen atoms in total. The van der Waals surface area contributed by atoms with Crippen molar-refractivity contribution >= 4 is 0 Å². The Morgan fingerprint density at radius 2 is 1.71 bits per heavy atom. The van der Waals surface area contributed by atoms with E-state index in [0.29, 0.717) is 5.92 Å². The second kappa shape index (κ2) is 6.88. The van der Waals surface area contributed by atoms with E-state index >= 15 is 0 Å². The fraction of sp³-hybridized carbons (Fsp3) is 0.368. The molecule has 1 aliphatic rings. The summed E-state index contributed by atoms with van der Waals surface area (Å²) < 4.78 is 6.03. The highest BCUT2D eigenvalue weighted by molar-refractivity contribution is 5.63. The van der Waals surface area contributed by atoms with E-state index in [0.717, 1.165) is 13.2 Å². The molecule has 1 fully saturated rings. The van der Waals surface area contributed by atoms with Gasteiger partial charge in [0.2, 0.25) is 0 Å². The Kier molecular flexibility index (Phi) is 4.69. The second-order valence-corrected chi connectivity index (χ2v) is 5.74. The zero-order chi connectivity index (χ0) is 14.5. The van der Waals surface area contributed by atoms with Gasteiger partial charge in [0.1, 0.15) is 0 Å². The lowest BCUT2D eigenvalue weighted by Gasteiger charge is -2.32. The first-order chi connectivity index (χ1) is 10.4. The number of ether oxygens (including phenoxy) is 1. The monoisotopic (exact) mass is 281 g/mol. The molecule has 0 saturated carbocycles. The van der Waals surface area contributed by atoms with Crippen LogP contribution in [0.5, 0.6) is 0 Å². The number of hydrogen-bond acceptors (Lipinski definition) is 2. The van der Waals surface area contributed by atoms with E-state index in [4.69, 9.17) is 4.74 Å². The van der Waals surface area contributed by atoms with Crippen LogP contribution < -0.4 is 5.32 Å². The topological polar surface area (TPSA) is 21.3 Å². The van der Waals surface area contributed by atoms with Gasteiger partial charge in [-0.1, -0.05) is 54.6 Å². The normalized spacial score (nSPS) is 22.1. The quantitative estimate of drug-likeness (QED) is 0.913. The van der Waals surface area contributed by atoms with Gasteiger partial charge >= 0.3 is 0 Å². The molecule has 110 valence electrons. The van der Waals surface area contributed by atoms with Crippen LogP contribution in [0.3, 0.4) is 0 Å². The van der Waals surface area contributed by atoms with Gasteiger partial charge in [-0.2, -0.15) is 0 Å². The van der Waals surface area contributed by atoms with E-state index in [1.165, 1.54) is 29.5 Å². The molecule has 21 heavy (non-hydrogen) atoms. The zero-order valence-electron chi connectivity index (χ0n) is 12.6. The van der Waals surface area contributed by atoms with Crippen LogP contribution in [0.1, 0.15) is 24.5 Å². The molecule has 0 aliphatic carbocycles. The maximum absolute atomic E-state index is 6.03. The van der Waals surface area contributed by atoms with Crippen molar-refractivity contribution in [2.45, 2.75) is 18.9 Å². The van der Waals surface area contributed by atoms with Crippen LogP contribution in [0.15, 0.2) is 54.6 Å². The van der Waals surface area contributed by atoms with Gasteiger partial charge in [0.15, 0.2) is 0 Å². The van der Waals surface area contributed by atoms with Gasteiger partial charge in [-0.3, -0.25) is 0 Å². The first-order valence-electron chi connectivity index (χ1n) is 7.80. The summed E-state index contributed by atoms with van der Waals surface area (Å²) in [6.07, 6.45) is 2.65. The van der Waals surface area contributed by atoms with Crippen molar-refractivity contribution in [1.29, 1.82) is 0 Å². The SMILES string of the molecule is CNCC1CCCOC1c1ccc(-c2ccccc2)cc1. The number of benzene rings is 2. The number of hydrogen-bond donors (Lipinski definition) is 1. The van der Waals surface area contributed by atoms with E-state index in [1.807, 2.05) is 7.05 Å². The molecule has 0 spiro atoms. The van der Waals surface area contributed by atoms with Crippen molar-refractivity contribution in [3.05, 3.63) is 60.2 Å². The summed E-state index contributed by atoms with van der Waals surface area (Å²) in [7, 11) is 2.02. The number of rotatable bonds is 4. The summed E-state index contributed by atoms with van der Waals surface area (Å²) in [5.74, 6) is 0.575. The van der Waals surface area contributed by atoms with Gasteiger partial charge in [0.25, 0.3) is 0 Å². The first kappa shape index (κ1) is 14.3. The third kappa shape index (κ3) is 3.34. The Labute approximate surface area is 127 Å². The molecule has 2 aromatic rings. The van der Waals surface area contributed by atoms with Crippen LogP contribution in [0, 0.1) is 5.92 Å². The molecule has 2 heteroatoms. The summed E-state index contributed by atoms with van der Waals surface area (Å²) in [6, 6.07) is 19.4. The minimum atomic E-state index is 0.232. The van der Waals surface area contributed by atoms with Crippen LogP contribution in [-0.4, -0.2) is 20.2 Å². The molecule has 1 N–H and O–H groups in total. The van der Waals surface area contributed by atoms with Crippen molar-refractivity contribution in [2.24, 2.45) is 5.92 Å². The van der Waals surface area contributed by atoms with Crippen molar-refractivity contribution in [1.82, 2.24) is 5.32 Å². The maximum Gasteiger partial charge on any atom is 0.0865 e. The Morgan fingerprint density at radius 3 is 2.43 bits per heavy atom. The Bertz CT molecular complexity index is 548. The highest BCUT2D eigenvalue weighted by atomic mass is 16.5. The third-order valence-corrected chi connectivity index (χ3v) is 4.26. The first-order valence-corrected chi connectivity index (χ1v) is 7.80. The van der Waals surface area contributed by atoms with E-state index < -0.39 is 0 Å². The molecular weight excluding hydrogens is 258 g/mol. The van der Waals surface area contributed by atoms with Crippen LogP contribution in [0.4, 0.5) is 0 Å². The Balaban J connectivity index is 1.79. The molecule has 1 saturated heterocycles. The molecule has 0 amide bonds. The predicted molar refractivity (Wildman–Crippen MR) is 87.2 cm³/mol. The largest absolute Gasteiger partial charge is 0.373 e. The van der Waals surface area contributed by atoms with Crippen molar-refractivity contribution in [2.75, 3.05) is 20.2 Å². The average Bonchev–Trinajstić information content (AvgIpc) is 2.57. The average molecular weight is 281 g/mol. The molecular formula is C19H23NO. The molecule has 3 rings (SSSR count). The molecule has 1 heterocycles. The molecule has 0 aromatic heterocycles. The summed E-state index contributed by atoms with van der Waals surface area (Å²) in [6.45, 7) is 1.90. The minimum absolute atomic E-state index is 0.232. The molecule has 2 atom stereocenters. The molecule has 2 unspecified atom stereocenters. The van der Waals surface area contributed by atoms with Gasteiger partial charge < -0.3 is 10.1 Å². The van der Waals surface area contributed by atoms with Gasteiger partial charge in [-0.15, -0.1) is 0 Å². The van der Waals surface area contributed by atoms with Crippen molar-refractivity contribution in [3.8, 4) is 11.1 Å². The van der Waals surface area contributed by atoms with Crippen molar-refractivity contribution < 1.29 is 4.74 Å². The maximum atomic E-state index is 6.03. The number of nitrogens with one attached hydrogen (secondary N) is 1. The fourth-order valence-electron chi connectivity index (χ4n) is 3.18.